The summed E-state index contributed by atoms with van der Waals surface area (Å²) < 4.78 is 0. The van der Waals surface area contributed by atoms with Gasteiger partial charge in [0.25, 0.3) is 0 Å². The van der Waals surface area contributed by atoms with Crippen LogP contribution in [-0.4, -0.2) is 19.9 Å². The molecule has 0 saturated heterocycles. The second-order valence-corrected chi connectivity index (χ2v) is 15.1. The number of pyridine rings is 1. The molecule has 11 aromatic rings. The van der Waals surface area contributed by atoms with Gasteiger partial charge in [0.15, 0.2) is 17.5 Å². The average molecular weight is 765 g/mol. The van der Waals surface area contributed by atoms with Gasteiger partial charge in [-0.3, -0.25) is 0 Å². The Kier molecular flexibility index (Phi) is 8.79. The molecule has 60 heavy (non-hydrogen) atoms. The minimum Gasteiger partial charge on any atom is -0.247 e. The lowest BCUT2D eigenvalue weighted by Crippen LogP contribution is -2.00. The van der Waals surface area contributed by atoms with E-state index in [2.05, 4.69) is 182 Å². The summed E-state index contributed by atoms with van der Waals surface area (Å²) in [6, 6.07) is 76.5. The lowest BCUT2D eigenvalue weighted by Gasteiger charge is -2.12. The molecule has 0 saturated carbocycles. The largest absolute Gasteiger partial charge is 0.247 e. The predicted octanol–water partition coefficient (Wildman–Crippen LogP) is 14.4. The molecule has 280 valence electrons. The molecule has 0 N–H and O–H groups in total. The van der Waals surface area contributed by atoms with Gasteiger partial charge < -0.3 is 0 Å². The Morgan fingerprint density at radius 3 is 1.17 bits per heavy atom. The van der Waals surface area contributed by atoms with Crippen LogP contribution < -0.4 is 0 Å². The fourth-order valence-electron chi connectivity index (χ4n) is 8.17. The number of fused-ring (bicyclic) bond motifs is 4. The van der Waals surface area contributed by atoms with E-state index in [1.807, 2.05) is 36.4 Å². The molecule has 2 aromatic heterocycles. The van der Waals surface area contributed by atoms with E-state index in [4.69, 9.17) is 19.9 Å². The van der Waals surface area contributed by atoms with Crippen molar-refractivity contribution in [1.82, 2.24) is 19.9 Å². The third-order valence-corrected chi connectivity index (χ3v) is 11.3. The SMILES string of the molecule is c1ccc(-c2ccc(-c3nc(-c4ccccc4)nc(-c4ccc(-c5ccc(-c6cccc(-c7nc8cc9ccccc9cc8c8ccccc78)c6)cc5)cc4)n3)cc2)cc1. The molecule has 0 radical (unpaired) electrons. The van der Waals surface area contributed by atoms with Crippen LogP contribution >= 0.6 is 0 Å². The lowest BCUT2D eigenvalue weighted by atomic mass is 9.95. The van der Waals surface area contributed by atoms with Crippen LogP contribution in [0.5, 0.6) is 0 Å². The van der Waals surface area contributed by atoms with Crippen molar-refractivity contribution < 1.29 is 0 Å². The molecule has 0 aliphatic heterocycles. The quantitative estimate of drug-likeness (QED) is 0.120. The van der Waals surface area contributed by atoms with Crippen LogP contribution in [0.2, 0.25) is 0 Å². The van der Waals surface area contributed by atoms with E-state index < -0.39 is 0 Å². The van der Waals surface area contributed by atoms with Crippen molar-refractivity contribution in [3.63, 3.8) is 0 Å². The molecule has 0 spiro atoms. The van der Waals surface area contributed by atoms with Gasteiger partial charge in [-0.25, -0.2) is 19.9 Å². The highest BCUT2D eigenvalue weighted by molar-refractivity contribution is 6.14. The van der Waals surface area contributed by atoms with Crippen molar-refractivity contribution in [2.75, 3.05) is 0 Å². The van der Waals surface area contributed by atoms with Crippen LogP contribution in [0.4, 0.5) is 0 Å². The molecule has 0 fully saturated rings. The number of benzene rings is 9. The molecule has 0 atom stereocenters. The van der Waals surface area contributed by atoms with Crippen molar-refractivity contribution in [2.45, 2.75) is 0 Å². The van der Waals surface area contributed by atoms with Gasteiger partial charge >= 0.3 is 0 Å². The summed E-state index contributed by atoms with van der Waals surface area (Å²) in [7, 11) is 0. The number of rotatable bonds is 7. The van der Waals surface area contributed by atoms with Gasteiger partial charge in [-0.05, 0) is 67.7 Å². The smallest absolute Gasteiger partial charge is 0.164 e. The van der Waals surface area contributed by atoms with Crippen molar-refractivity contribution in [3.8, 4) is 78.8 Å². The molecule has 0 amide bonds. The van der Waals surface area contributed by atoms with Crippen LogP contribution in [0.15, 0.2) is 218 Å². The van der Waals surface area contributed by atoms with Crippen LogP contribution in [-0.2, 0) is 0 Å². The molecular weight excluding hydrogens is 729 g/mol. The maximum absolute atomic E-state index is 5.28. The first-order valence-corrected chi connectivity index (χ1v) is 20.2. The monoisotopic (exact) mass is 764 g/mol. The van der Waals surface area contributed by atoms with E-state index in [1.54, 1.807) is 0 Å². The lowest BCUT2D eigenvalue weighted by molar-refractivity contribution is 1.07. The van der Waals surface area contributed by atoms with Crippen molar-refractivity contribution in [2.24, 2.45) is 0 Å². The number of hydrogen-bond acceptors (Lipinski definition) is 4. The minimum atomic E-state index is 0.634. The first-order chi connectivity index (χ1) is 29.7. The highest BCUT2D eigenvalue weighted by Gasteiger charge is 2.15. The Hall–Kier alpha value is -8.08. The number of nitrogens with zero attached hydrogens (tertiary/aromatic N) is 4. The first kappa shape index (κ1) is 35.1. The minimum absolute atomic E-state index is 0.634. The van der Waals surface area contributed by atoms with Gasteiger partial charge in [0.1, 0.15) is 0 Å². The molecule has 11 rings (SSSR count). The zero-order valence-corrected chi connectivity index (χ0v) is 32.6. The van der Waals surface area contributed by atoms with Gasteiger partial charge in [-0.2, -0.15) is 0 Å². The van der Waals surface area contributed by atoms with Crippen molar-refractivity contribution >= 4 is 32.4 Å². The van der Waals surface area contributed by atoms with Crippen LogP contribution in [0, 0.1) is 0 Å². The summed E-state index contributed by atoms with van der Waals surface area (Å²) in [6.07, 6.45) is 0. The van der Waals surface area contributed by atoms with Gasteiger partial charge in [0.2, 0.25) is 0 Å². The maximum atomic E-state index is 5.28. The summed E-state index contributed by atoms with van der Waals surface area (Å²) >= 11 is 0. The van der Waals surface area contributed by atoms with Gasteiger partial charge in [-0.15, -0.1) is 0 Å². The van der Waals surface area contributed by atoms with E-state index in [0.717, 1.165) is 66.7 Å². The van der Waals surface area contributed by atoms with Gasteiger partial charge in [-0.1, -0.05) is 200 Å². The fourth-order valence-corrected chi connectivity index (χ4v) is 8.17. The molecule has 9 aromatic carbocycles. The van der Waals surface area contributed by atoms with Crippen molar-refractivity contribution in [3.05, 3.63) is 218 Å². The highest BCUT2D eigenvalue weighted by atomic mass is 15.0. The van der Waals surface area contributed by atoms with Crippen LogP contribution in [0.25, 0.3) is 111 Å². The number of hydrogen-bond donors (Lipinski definition) is 0. The Labute approximate surface area is 348 Å². The van der Waals surface area contributed by atoms with Crippen LogP contribution in [0.3, 0.4) is 0 Å². The van der Waals surface area contributed by atoms with Gasteiger partial charge in [0, 0.05) is 33.0 Å². The highest BCUT2D eigenvalue weighted by Crippen LogP contribution is 2.36. The normalized spacial score (nSPS) is 11.3. The summed E-state index contributed by atoms with van der Waals surface area (Å²) in [5.41, 5.74) is 12.8. The predicted molar refractivity (Wildman–Crippen MR) is 248 cm³/mol. The molecule has 2 heterocycles. The Bertz CT molecular complexity index is 3330. The van der Waals surface area contributed by atoms with E-state index in [9.17, 15) is 0 Å². The van der Waals surface area contributed by atoms with E-state index in [-0.39, 0.29) is 0 Å². The van der Waals surface area contributed by atoms with E-state index in [0.29, 0.717) is 17.5 Å². The Morgan fingerprint density at radius 1 is 0.217 bits per heavy atom. The van der Waals surface area contributed by atoms with Crippen LogP contribution in [0.1, 0.15) is 0 Å². The Morgan fingerprint density at radius 2 is 0.600 bits per heavy atom. The summed E-state index contributed by atoms with van der Waals surface area (Å²) in [4.78, 5) is 20.2. The molecule has 4 nitrogen and oxygen atoms in total. The standard InChI is InChI=1S/C56H36N4/c1-3-12-37(13-4-1)38-26-30-43(31-27-38)55-58-54(42-14-5-2-6-15-42)59-56(60-55)44-32-28-40(29-33-44)39-22-24-41(25-23-39)45-18-11-19-48(34-45)53-50-21-10-9-20-49(50)51-35-46-16-7-8-17-47(46)36-52(51)57-53/h1-36H. The third-order valence-electron chi connectivity index (χ3n) is 11.3. The molecular formula is C56H36N4. The summed E-state index contributed by atoms with van der Waals surface area (Å²) in [5, 5.41) is 5.96. The van der Waals surface area contributed by atoms with Crippen molar-refractivity contribution in [1.29, 1.82) is 0 Å². The average Bonchev–Trinajstić information content (AvgIpc) is 3.34. The van der Waals surface area contributed by atoms with E-state index >= 15 is 0 Å². The molecule has 0 aliphatic rings. The summed E-state index contributed by atoms with van der Waals surface area (Å²) in [6.45, 7) is 0. The van der Waals surface area contributed by atoms with E-state index in [1.165, 1.54) is 27.1 Å². The fraction of sp³-hybridized carbons (Fsp3) is 0. The maximum Gasteiger partial charge on any atom is 0.164 e. The number of aromatic nitrogens is 4. The first-order valence-electron chi connectivity index (χ1n) is 20.2. The zero-order chi connectivity index (χ0) is 39.8. The second kappa shape index (κ2) is 15.0. The Balaban J connectivity index is 0.890. The third kappa shape index (κ3) is 6.66. The molecule has 0 unspecified atom stereocenters. The zero-order valence-electron chi connectivity index (χ0n) is 32.6. The van der Waals surface area contributed by atoms with Gasteiger partial charge in [0.05, 0.1) is 11.2 Å². The topological polar surface area (TPSA) is 51.6 Å². The summed E-state index contributed by atoms with van der Waals surface area (Å²) in [5.74, 6) is 1.92. The molecule has 0 aliphatic carbocycles. The molecule has 0 bridgehead atoms. The second-order valence-electron chi connectivity index (χ2n) is 15.1. The molecule has 4 heteroatoms.